The fourth-order valence-corrected chi connectivity index (χ4v) is 2.75. The van der Waals surface area contributed by atoms with Gasteiger partial charge in [-0.15, -0.1) is 0 Å². The van der Waals surface area contributed by atoms with Crippen molar-refractivity contribution in [1.82, 2.24) is 9.97 Å². The zero-order chi connectivity index (χ0) is 15.0. The van der Waals surface area contributed by atoms with Crippen LogP contribution in [-0.4, -0.2) is 34.1 Å². The van der Waals surface area contributed by atoms with E-state index in [1.165, 1.54) is 11.9 Å². The predicted octanol–water partition coefficient (Wildman–Crippen LogP) is 2.15. The van der Waals surface area contributed by atoms with E-state index in [9.17, 15) is 9.90 Å². The van der Waals surface area contributed by atoms with Gasteiger partial charge in [0.25, 0.3) is 0 Å². The first kappa shape index (κ1) is 13.5. The van der Waals surface area contributed by atoms with E-state index in [-0.39, 0.29) is 0 Å². The van der Waals surface area contributed by atoms with Crippen LogP contribution >= 0.6 is 0 Å². The van der Waals surface area contributed by atoms with Crippen molar-refractivity contribution in [2.24, 2.45) is 0 Å². The average Bonchev–Trinajstić information content (AvgIpc) is 2.52. The monoisotopic (exact) mass is 283 g/mol. The fourth-order valence-electron chi connectivity index (χ4n) is 2.75. The third kappa shape index (κ3) is 2.24. The van der Waals surface area contributed by atoms with Gasteiger partial charge < -0.3 is 10.0 Å². The minimum Gasteiger partial charge on any atom is -0.480 e. The lowest BCUT2D eigenvalue weighted by Gasteiger charge is -2.28. The topological polar surface area (TPSA) is 66.3 Å². The number of hydrogen-bond donors (Lipinski definition) is 1. The molecule has 1 unspecified atom stereocenters. The SMILES string of the molecule is CC(C(=O)O)N(C)c1ncnc2c1CCc1ccccc1-2. The first-order chi connectivity index (χ1) is 10.1. The quantitative estimate of drug-likeness (QED) is 0.935. The maximum absolute atomic E-state index is 11.2. The molecular weight excluding hydrogens is 266 g/mol. The summed E-state index contributed by atoms with van der Waals surface area (Å²) in [5, 5.41) is 9.19. The average molecular weight is 283 g/mol. The lowest BCUT2D eigenvalue weighted by molar-refractivity contribution is -0.138. The minimum absolute atomic E-state index is 0.624. The molecule has 1 aliphatic rings. The molecule has 3 rings (SSSR count). The van der Waals surface area contributed by atoms with Crippen molar-refractivity contribution in [3.05, 3.63) is 41.7 Å². The van der Waals surface area contributed by atoms with Gasteiger partial charge in [-0.05, 0) is 25.3 Å². The second-order valence-corrected chi connectivity index (χ2v) is 5.31. The van der Waals surface area contributed by atoms with Gasteiger partial charge >= 0.3 is 5.97 Å². The van der Waals surface area contributed by atoms with Crippen LogP contribution in [0.4, 0.5) is 5.82 Å². The summed E-state index contributed by atoms with van der Waals surface area (Å²) in [7, 11) is 1.77. The van der Waals surface area contributed by atoms with E-state index in [0.29, 0.717) is 5.82 Å². The number of nitrogens with zero attached hydrogens (tertiary/aromatic N) is 3. The predicted molar refractivity (Wildman–Crippen MR) is 80.4 cm³/mol. The summed E-state index contributed by atoms with van der Waals surface area (Å²) < 4.78 is 0. The van der Waals surface area contributed by atoms with Gasteiger partial charge in [0.1, 0.15) is 18.2 Å². The van der Waals surface area contributed by atoms with E-state index in [1.54, 1.807) is 18.9 Å². The van der Waals surface area contributed by atoms with Crippen LogP contribution in [0.25, 0.3) is 11.3 Å². The van der Waals surface area contributed by atoms with E-state index in [1.807, 2.05) is 12.1 Å². The molecule has 5 heteroatoms. The number of fused-ring (bicyclic) bond motifs is 3. The third-order valence-electron chi connectivity index (χ3n) is 4.11. The van der Waals surface area contributed by atoms with Crippen LogP contribution in [0, 0.1) is 0 Å². The van der Waals surface area contributed by atoms with Gasteiger partial charge in [-0.2, -0.15) is 0 Å². The van der Waals surface area contributed by atoms with E-state index >= 15 is 0 Å². The highest BCUT2D eigenvalue weighted by Crippen LogP contribution is 2.35. The number of aromatic nitrogens is 2. The van der Waals surface area contributed by atoms with Crippen LogP contribution in [0.1, 0.15) is 18.1 Å². The van der Waals surface area contributed by atoms with Gasteiger partial charge in [0, 0.05) is 18.2 Å². The van der Waals surface area contributed by atoms with Crippen molar-refractivity contribution < 1.29 is 9.90 Å². The van der Waals surface area contributed by atoms with Crippen LogP contribution in [-0.2, 0) is 17.6 Å². The number of aliphatic carboxylic acids is 1. The summed E-state index contributed by atoms with van der Waals surface area (Å²) in [5.41, 5.74) is 4.36. The molecular formula is C16H17N3O2. The molecule has 0 saturated carbocycles. The molecule has 0 saturated heterocycles. The Kier molecular flexibility index (Phi) is 3.33. The van der Waals surface area contributed by atoms with Gasteiger partial charge in [-0.25, -0.2) is 14.8 Å². The van der Waals surface area contributed by atoms with Crippen molar-refractivity contribution >= 4 is 11.8 Å². The molecule has 5 nitrogen and oxygen atoms in total. The molecule has 0 bridgehead atoms. The number of rotatable bonds is 3. The summed E-state index contributed by atoms with van der Waals surface area (Å²) in [6, 6.07) is 7.58. The molecule has 21 heavy (non-hydrogen) atoms. The number of carbonyl (C=O) groups is 1. The van der Waals surface area contributed by atoms with E-state index in [0.717, 1.165) is 29.7 Å². The number of likely N-dealkylation sites (N-methyl/N-ethyl adjacent to an activating group) is 1. The van der Waals surface area contributed by atoms with Crippen molar-refractivity contribution in [2.45, 2.75) is 25.8 Å². The Morgan fingerprint density at radius 3 is 2.81 bits per heavy atom. The smallest absolute Gasteiger partial charge is 0.326 e. The van der Waals surface area contributed by atoms with Crippen molar-refractivity contribution in [3.8, 4) is 11.3 Å². The molecule has 2 aromatic rings. The number of aryl methyl sites for hydroxylation is 1. The first-order valence-electron chi connectivity index (χ1n) is 6.97. The Morgan fingerprint density at radius 1 is 1.29 bits per heavy atom. The highest BCUT2D eigenvalue weighted by atomic mass is 16.4. The number of carboxylic acids is 1. The number of carboxylic acid groups (broad SMARTS) is 1. The van der Waals surface area contributed by atoms with Gasteiger partial charge in [0.05, 0.1) is 5.69 Å². The molecule has 0 spiro atoms. The Labute approximate surface area is 123 Å². The molecule has 1 heterocycles. The molecule has 0 aliphatic heterocycles. The van der Waals surface area contributed by atoms with Gasteiger partial charge in [-0.1, -0.05) is 24.3 Å². The minimum atomic E-state index is -0.860. The second-order valence-electron chi connectivity index (χ2n) is 5.31. The van der Waals surface area contributed by atoms with Crippen LogP contribution in [0.2, 0.25) is 0 Å². The Morgan fingerprint density at radius 2 is 2.05 bits per heavy atom. The zero-order valence-electron chi connectivity index (χ0n) is 12.1. The van der Waals surface area contributed by atoms with Gasteiger partial charge in [0.2, 0.25) is 0 Å². The van der Waals surface area contributed by atoms with Crippen LogP contribution in [0.3, 0.4) is 0 Å². The molecule has 108 valence electrons. The standard InChI is InChI=1S/C16H17N3O2/c1-10(16(20)21)19(2)15-13-8-7-11-5-3-4-6-12(11)14(13)17-9-18-15/h3-6,9-10H,7-8H2,1-2H3,(H,20,21). The van der Waals surface area contributed by atoms with E-state index in [2.05, 4.69) is 22.1 Å². The summed E-state index contributed by atoms with van der Waals surface area (Å²) in [6.07, 6.45) is 3.28. The Bertz CT molecular complexity index is 700. The van der Waals surface area contributed by atoms with Crippen LogP contribution < -0.4 is 4.90 Å². The van der Waals surface area contributed by atoms with Crippen LogP contribution in [0.5, 0.6) is 0 Å². The van der Waals surface area contributed by atoms with Crippen molar-refractivity contribution in [2.75, 3.05) is 11.9 Å². The lowest BCUT2D eigenvalue weighted by atomic mass is 9.89. The molecule has 0 amide bonds. The number of anilines is 1. The molecule has 1 N–H and O–H groups in total. The molecule has 1 aromatic carbocycles. The second kappa shape index (κ2) is 5.16. The summed E-state index contributed by atoms with van der Waals surface area (Å²) >= 11 is 0. The summed E-state index contributed by atoms with van der Waals surface area (Å²) in [4.78, 5) is 21.6. The fraction of sp³-hybridized carbons (Fsp3) is 0.312. The first-order valence-corrected chi connectivity index (χ1v) is 6.97. The van der Waals surface area contributed by atoms with Crippen molar-refractivity contribution in [3.63, 3.8) is 0 Å². The summed E-state index contributed by atoms with van der Waals surface area (Å²) in [6.45, 7) is 1.66. The maximum atomic E-state index is 11.2. The van der Waals surface area contributed by atoms with Crippen LogP contribution in [0.15, 0.2) is 30.6 Å². The van der Waals surface area contributed by atoms with E-state index < -0.39 is 12.0 Å². The zero-order valence-corrected chi connectivity index (χ0v) is 12.1. The van der Waals surface area contributed by atoms with Crippen molar-refractivity contribution in [1.29, 1.82) is 0 Å². The Hall–Kier alpha value is -2.43. The molecule has 1 aliphatic carbocycles. The van der Waals surface area contributed by atoms with Gasteiger partial charge in [-0.3, -0.25) is 0 Å². The molecule has 1 atom stereocenters. The van der Waals surface area contributed by atoms with E-state index in [4.69, 9.17) is 0 Å². The highest BCUT2D eigenvalue weighted by molar-refractivity contribution is 5.79. The largest absolute Gasteiger partial charge is 0.480 e. The third-order valence-corrected chi connectivity index (χ3v) is 4.11. The summed E-state index contributed by atoms with van der Waals surface area (Å²) in [5.74, 6) is -0.148. The Balaban J connectivity index is 2.10. The maximum Gasteiger partial charge on any atom is 0.326 e. The normalized spacial score (nSPS) is 14.0. The molecule has 0 radical (unpaired) electrons. The van der Waals surface area contributed by atoms with Gasteiger partial charge in [0.15, 0.2) is 0 Å². The number of benzene rings is 1. The lowest BCUT2D eigenvalue weighted by Crippen LogP contribution is -2.37. The molecule has 1 aromatic heterocycles. The highest BCUT2D eigenvalue weighted by Gasteiger charge is 2.25. The number of hydrogen-bond acceptors (Lipinski definition) is 4. The molecule has 0 fully saturated rings.